The SMILES string of the molecule is CC#N.CCOC(=O)c1ccc(C2=C(C)C(C)C(C)=C(c3ccc(Cl)cc3)S2=O)cc1. The van der Waals surface area contributed by atoms with Gasteiger partial charge in [-0.25, -0.2) is 9.00 Å². The highest BCUT2D eigenvalue weighted by molar-refractivity contribution is 8.03. The Morgan fingerprint density at radius 3 is 1.87 bits per heavy atom. The lowest BCUT2D eigenvalue weighted by molar-refractivity contribution is 0.0526. The van der Waals surface area contributed by atoms with Crippen LogP contribution in [0.2, 0.25) is 5.02 Å². The summed E-state index contributed by atoms with van der Waals surface area (Å²) >= 11 is 6.02. The lowest BCUT2D eigenvalue weighted by Gasteiger charge is -2.28. The van der Waals surface area contributed by atoms with Gasteiger partial charge in [-0.15, -0.1) is 0 Å². The van der Waals surface area contributed by atoms with Crippen LogP contribution >= 0.6 is 11.6 Å². The Hall–Kier alpha value is -2.68. The highest BCUT2D eigenvalue weighted by Crippen LogP contribution is 2.43. The van der Waals surface area contributed by atoms with Crippen molar-refractivity contribution in [1.82, 2.24) is 0 Å². The molecule has 0 saturated carbocycles. The summed E-state index contributed by atoms with van der Waals surface area (Å²) in [6, 6.07) is 16.3. The fraction of sp³-hybridized carbons (Fsp3) is 0.280. The Labute approximate surface area is 191 Å². The molecule has 162 valence electrons. The Morgan fingerprint density at radius 1 is 1.03 bits per heavy atom. The number of halogens is 1. The molecule has 0 amide bonds. The summed E-state index contributed by atoms with van der Waals surface area (Å²) in [5.74, 6) is -0.182. The number of carbonyl (C=O) groups is 1. The average molecular weight is 456 g/mol. The van der Waals surface area contributed by atoms with Gasteiger partial charge in [-0.3, -0.25) is 0 Å². The molecule has 0 saturated heterocycles. The van der Waals surface area contributed by atoms with Crippen LogP contribution in [0.3, 0.4) is 0 Å². The topological polar surface area (TPSA) is 67.2 Å². The molecular formula is C25H26ClNO3S. The predicted octanol–water partition coefficient (Wildman–Crippen LogP) is 6.61. The van der Waals surface area contributed by atoms with Crippen LogP contribution in [0, 0.1) is 17.2 Å². The largest absolute Gasteiger partial charge is 0.462 e. The van der Waals surface area contributed by atoms with E-state index >= 15 is 0 Å². The molecule has 3 rings (SSSR count). The van der Waals surface area contributed by atoms with Crippen molar-refractivity contribution < 1.29 is 13.7 Å². The lowest BCUT2D eigenvalue weighted by atomic mass is 9.91. The van der Waals surface area contributed by atoms with Gasteiger partial charge in [0.1, 0.15) is 0 Å². The van der Waals surface area contributed by atoms with E-state index in [2.05, 4.69) is 6.92 Å². The Kier molecular flexibility index (Phi) is 8.79. The smallest absolute Gasteiger partial charge is 0.338 e. The highest BCUT2D eigenvalue weighted by atomic mass is 35.5. The number of benzene rings is 2. The molecule has 0 spiro atoms. The first kappa shape index (κ1) is 24.6. The summed E-state index contributed by atoms with van der Waals surface area (Å²) in [7, 11) is -1.33. The number of allylic oxidation sites excluding steroid dienone is 2. The molecule has 6 heteroatoms. The Balaban J connectivity index is 0.00000107. The van der Waals surface area contributed by atoms with E-state index in [-0.39, 0.29) is 11.9 Å². The fourth-order valence-corrected chi connectivity index (χ4v) is 5.32. The molecule has 2 atom stereocenters. The van der Waals surface area contributed by atoms with E-state index in [0.717, 1.165) is 32.1 Å². The lowest BCUT2D eigenvalue weighted by Crippen LogP contribution is -2.15. The molecular weight excluding hydrogens is 430 g/mol. The van der Waals surface area contributed by atoms with E-state index < -0.39 is 10.8 Å². The minimum absolute atomic E-state index is 0.170. The maximum absolute atomic E-state index is 13.6. The summed E-state index contributed by atoms with van der Waals surface area (Å²) in [4.78, 5) is 13.5. The van der Waals surface area contributed by atoms with Gasteiger partial charge in [-0.2, -0.15) is 5.26 Å². The van der Waals surface area contributed by atoms with E-state index in [1.807, 2.05) is 50.2 Å². The zero-order chi connectivity index (χ0) is 23.1. The van der Waals surface area contributed by atoms with Crippen LogP contribution in [0.1, 0.15) is 56.1 Å². The average Bonchev–Trinajstić information content (AvgIpc) is 2.75. The molecule has 0 radical (unpaired) electrons. The molecule has 1 heterocycles. The molecule has 4 nitrogen and oxygen atoms in total. The number of rotatable bonds is 4. The number of nitrogens with zero attached hydrogens (tertiary/aromatic N) is 1. The van der Waals surface area contributed by atoms with Crippen LogP contribution in [0.25, 0.3) is 9.81 Å². The number of esters is 1. The van der Waals surface area contributed by atoms with Crippen LogP contribution in [-0.4, -0.2) is 16.8 Å². The summed E-state index contributed by atoms with van der Waals surface area (Å²) in [6.07, 6.45) is 0. The van der Waals surface area contributed by atoms with Crippen molar-refractivity contribution in [2.75, 3.05) is 6.61 Å². The van der Waals surface area contributed by atoms with Crippen molar-refractivity contribution in [3.05, 3.63) is 81.4 Å². The van der Waals surface area contributed by atoms with Crippen molar-refractivity contribution in [2.45, 2.75) is 34.6 Å². The van der Waals surface area contributed by atoms with Crippen LogP contribution in [0.4, 0.5) is 0 Å². The Bertz CT molecular complexity index is 1080. The predicted molar refractivity (Wildman–Crippen MR) is 128 cm³/mol. The van der Waals surface area contributed by atoms with Gasteiger partial charge in [-0.1, -0.05) is 42.8 Å². The van der Waals surface area contributed by atoms with E-state index in [0.29, 0.717) is 17.2 Å². The second-order valence-electron chi connectivity index (χ2n) is 7.04. The molecule has 31 heavy (non-hydrogen) atoms. The molecule has 0 fully saturated rings. The standard InChI is InChI=1S/C23H23ClO3S.C2H3N/c1-5-27-23(25)19-8-6-17(7-9-19)21-15(3)14(2)16(4)22(28(21)26)18-10-12-20(24)13-11-18;1-2-3/h6-14H,5H2,1-4H3;1H3. The van der Waals surface area contributed by atoms with Crippen molar-refractivity contribution in [3.8, 4) is 6.07 Å². The normalized spacial score (nSPS) is 18.1. The number of carbonyl (C=O) groups excluding carboxylic acids is 1. The van der Waals surface area contributed by atoms with E-state index in [4.69, 9.17) is 21.6 Å². The number of ether oxygens (including phenoxy) is 1. The number of hydrogen-bond donors (Lipinski definition) is 0. The van der Waals surface area contributed by atoms with E-state index in [1.165, 1.54) is 6.92 Å². The third-order valence-corrected chi connectivity index (χ3v) is 7.26. The third kappa shape index (κ3) is 5.52. The fourth-order valence-electron chi connectivity index (χ4n) is 3.36. The maximum atomic E-state index is 13.6. The van der Waals surface area contributed by atoms with Crippen LogP contribution < -0.4 is 0 Å². The highest BCUT2D eigenvalue weighted by Gasteiger charge is 2.30. The van der Waals surface area contributed by atoms with Crippen LogP contribution in [-0.2, 0) is 15.5 Å². The first-order valence-electron chi connectivity index (χ1n) is 9.94. The zero-order valence-corrected chi connectivity index (χ0v) is 19.9. The maximum Gasteiger partial charge on any atom is 0.338 e. The van der Waals surface area contributed by atoms with E-state index in [1.54, 1.807) is 25.1 Å². The summed E-state index contributed by atoms with van der Waals surface area (Å²) in [5, 5.41) is 7.97. The minimum Gasteiger partial charge on any atom is -0.462 e. The van der Waals surface area contributed by atoms with Crippen molar-refractivity contribution in [1.29, 1.82) is 5.26 Å². The van der Waals surface area contributed by atoms with Crippen molar-refractivity contribution in [3.63, 3.8) is 0 Å². The quantitative estimate of drug-likeness (QED) is 0.486. The van der Waals surface area contributed by atoms with Gasteiger partial charge in [0.25, 0.3) is 0 Å². The second-order valence-corrected chi connectivity index (χ2v) is 8.83. The minimum atomic E-state index is -1.33. The number of nitriles is 1. The molecule has 1 aliphatic heterocycles. The number of hydrogen-bond acceptors (Lipinski definition) is 4. The van der Waals surface area contributed by atoms with Gasteiger partial charge in [0, 0.05) is 17.9 Å². The van der Waals surface area contributed by atoms with Gasteiger partial charge in [0.2, 0.25) is 0 Å². The molecule has 0 bridgehead atoms. The summed E-state index contributed by atoms with van der Waals surface area (Å²) in [5.41, 5.74) is 4.44. The van der Waals surface area contributed by atoms with E-state index in [9.17, 15) is 9.00 Å². The van der Waals surface area contributed by atoms with Gasteiger partial charge in [0.05, 0.1) is 38.8 Å². The molecule has 0 N–H and O–H groups in total. The van der Waals surface area contributed by atoms with Crippen molar-refractivity contribution >= 4 is 38.2 Å². The summed E-state index contributed by atoms with van der Waals surface area (Å²) in [6.45, 7) is 9.74. The zero-order valence-electron chi connectivity index (χ0n) is 18.4. The Morgan fingerprint density at radius 2 is 1.45 bits per heavy atom. The first-order chi connectivity index (χ1) is 14.8. The molecule has 2 aromatic rings. The molecule has 2 unspecified atom stereocenters. The molecule has 2 aromatic carbocycles. The van der Waals surface area contributed by atoms with Crippen LogP contribution in [0.5, 0.6) is 0 Å². The second kappa shape index (κ2) is 11.1. The monoisotopic (exact) mass is 455 g/mol. The van der Waals surface area contributed by atoms with Crippen LogP contribution in [0.15, 0.2) is 59.7 Å². The van der Waals surface area contributed by atoms with Gasteiger partial charge >= 0.3 is 5.97 Å². The van der Waals surface area contributed by atoms with Gasteiger partial charge in [-0.05, 0) is 67.3 Å². The molecule has 1 aliphatic rings. The van der Waals surface area contributed by atoms with Gasteiger partial charge < -0.3 is 4.74 Å². The molecule has 0 aliphatic carbocycles. The summed E-state index contributed by atoms with van der Waals surface area (Å²) < 4.78 is 18.6. The third-order valence-electron chi connectivity index (χ3n) is 5.15. The van der Waals surface area contributed by atoms with Crippen molar-refractivity contribution in [2.24, 2.45) is 5.92 Å². The van der Waals surface area contributed by atoms with Gasteiger partial charge in [0.15, 0.2) is 0 Å². The molecule has 0 aromatic heterocycles. The first-order valence-corrected chi connectivity index (χ1v) is 11.5.